The zero-order valence-electron chi connectivity index (χ0n) is 20.0. The normalized spacial score (nSPS) is 15.2. The Bertz CT molecular complexity index is 909. The van der Waals surface area contributed by atoms with Gasteiger partial charge in [-0.05, 0) is 67.8 Å². The van der Waals surface area contributed by atoms with E-state index < -0.39 is 0 Å². The van der Waals surface area contributed by atoms with Gasteiger partial charge in [-0.1, -0.05) is 38.3 Å². The van der Waals surface area contributed by atoms with Gasteiger partial charge in [0.05, 0.1) is 6.54 Å². The quantitative estimate of drug-likeness (QED) is 0.495. The maximum absolute atomic E-state index is 13.5. The molecule has 5 nitrogen and oxygen atoms in total. The Labute approximate surface area is 201 Å². The molecule has 1 heterocycles. The minimum absolute atomic E-state index is 0.0270. The van der Waals surface area contributed by atoms with Crippen molar-refractivity contribution in [1.29, 1.82) is 0 Å². The van der Waals surface area contributed by atoms with Crippen molar-refractivity contribution in [2.45, 2.75) is 84.5 Å². The Hall–Kier alpha value is -2.41. The van der Waals surface area contributed by atoms with Crippen LogP contribution in [-0.2, 0) is 17.9 Å². The lowest BCUT2D eigenvalue weighted by atomic mass is 9.96. The fraction of sp³-hybridized carbons (Fsp3) is 0.538. The molecule has 3 rings (SSSR count). The molecule has 1 N–H and O–H groups in total. The average molecular weight is 474 g/mol. The van der Waals surface area contributed by atoms with Crippen LogP contribution < -0.4 is 5.32 Å². The molecule has 0 bridgehead atoms. The summed E-state index contributed by atoms with van der Waals surface area (Å²) in [6.07, 6.45) is 6.27. The fourth-order valence-electron chi connectivity index (χ4n) is 4.18. The topological polar surface area (TPSA) is 52.7 Å². The molecular weight excluding hydrogens is 437 g/mol. The van der Waals surface area contributed by atoms with E-state index in [2.05, 4.69) is 5.32 Å². The van der Waals surface area contributed by atoms with Gasteiger partial charge in [-0.15, -0.1) is 11.3 Å². The van der Waals surface area contributed by atoms with Gasteiger partial charge in [-0.3, -0.25) is 4.79 Å². The lowest BCUT2D eigenvalue weighted by Gasteiger charge is -2.33. The zero-order chi connectivity index (χ0) is 23.8. The van der Waals surface area contributed by atoms with Crippen molar-refractivity contribution in [2.24, 2.45) is 0 Å². The van der Waals surface area contributed by atoms with E-state index in [-0.39, 0.29) is 36.4 Å². The number of carbonyl (C=O) groups excluding carboxylic acids is 2. The lowest BCUT2D eigenvalue weighted by Crippen LogP contribution is -2.52. The van der Waals surface area contributed by atoms with Gasteiger partial charge in [0.2, 0.25) is 5.91 Å². The number of hydrogen-bond donors (Lipinski definition) is 1. The molecule has 33 heavy (non-hydrogen) atoms. The predicted octanol–water partition coefficient (Wildman–Crippen LogP) is 5.87. The summed E-state index contributed by atoms with van der Waals surface area (Å²) < 4.78 is 13.4. The van der Waals surface area contributed by atoms with Gasteiger partial charge in [0.25, 0.3) is 0 Å². The van der Waals surface area contributed by atoms with Crippen LogP contribution in [0.3, 0.4) is 0 Å². The molecule has 1 atom stereocenters. The van der Waals surface area contributed by atoms with Gasteiger partial charge in [-0.2, -0.15) is 0 Å². The third-order valence-corrected chi connectivity index (χ3v) is 7.57. The summed E-state index contributed by atoms with van der Waals surface area (Å²) in [5.74, 6) is -0.403. The summed E-state index contributed by atoms with van der Waals surface area (Å²) in [5.41, 5.74) is 2.01. The maximum Gasteiger partial charge on any atom is 0.318 e. The first-order valence-electron chi connectivity index (χ1n) is 12.0. The van der Waals surface area contributed by atoms with Crippen LogP contribution >= 0.6 is 11.3 Å². The molecule has 0 radical (unpaired) electrons. The maximum atomic E-state index is 13.5. The Morgan fingerprint density at radius 3 is 2.42 bits per heavy atom. The molecule has 1 aromatic heterocycles. The number of carbonyl (C=O) groups is 2. The fourth-order valence-corrected chi connectivity index (χ4v) is 5.10. The molecule has 1 aliphatic rings. The van der Waals surface area contributed by atoms with Crippen molar-refractivity contribution in [3.63, 3.8) is 0 Å². The van der Waals surface area contributed by atoms with Crippen LogP contribution in [0, 0.1) is 12.7 Å². The molecule has 1 aromatic carbocycles. The molecule has 0 spiro atoms. The van der Waals surface area contributed by atoms with E-state index in [0.29, 0.717) is 13.1 Å². The first-order valence-corrected chi connectivity index (χ1v) is 12.9. The van der Waals surface area contributed by atoms with E-state index >= 15 is 0 Å². The minimum Gasteiger partial charge on any atom is -0.335 e. The molecule has 2 aromatic rings. The zero-order valence-corrected chi connectivity index (χ0v) is 20.8. The number of amides is 3. The largest absolute Gasteiger partial charge is 0.335 e. The molecule has 0 aliphatic heterocycles. The van der Waals surface area contributed by atoms with Crippen LogP contribution in [0.2, 0.25) is 0 Å². The number of benzene rings is 1. The van der Waals surface area contributed by atoms with E-state index in [0.717, 1.165) is 48.1 Å². The number of nitrogens with zero attached hydrogens (tertiary/aromatic N) is 2. The van der Waals surface area contributed by atoms with E-state index in [4.69, 9.17) is 0 Å². The van der Waals surface area contributed by atoms with Crippen molar-refractivity contribution < 1.29 is 14.0 Å². The van der Waals surface area contributed by atoms with Crippen molar-refractivity contribution in [3.05, 3.63) is 57.5 Å². The smallest absolute Gasteiger partial charge is 0.318 e. The van der Waals surface area contributed by atoms with Crippen molar-refractivity contribution in [3.8, 4) is 0 Å². The molecule has 0 unspecified atom stereocenters. The Balaban J connectivity index is 1.75. The van der Waals surface area contributed by atoms with Gasteiger partial charge in [-0.25, -0.2) is 9.18 Å². The van der Waals surface area contributed by atoms with Crippen LogP contribution in [0.5, 0.6) is 0 Å². The van der Waals surface area contributed by atoms with E-state index in [1.165, 1.54) is 18.6 Å². The number of aryl methyl sites for hydroxylation is 1. The Kier molecular flexibility index (Phi) is 9.30. The highest BCUT2D eigenvalue weighted by molar-refractivity contribution is 7.10. The SMILES string of the molecule is CC[C@@H](C)N(CC(=O)N(Cc1ccc(F)cc1)Cc1sccc1C)C(=O)NC1CCCCC1. The van der Waals surface area contributed by atoms with E-state index in [1.54, 1.807) is 33.3 Å². The standard InChI is InChI=1S/C26H36FN3O2S/c1-4-20(3)30(26(32)28-23-8-6-5-7-9-23)18-25(31)29(17-24-19(2)14-15-33-24)16-21-10-12-22(27)13-11-21/h10-15,20,23H,4-9,16-18H2,1-3H3,(H,28,32)/t20-/m1/s1. The summed E-state index contributed by atoms with van der Waals surface area (Å²) in [4.78, 5) is 31.2. The molecule has 1 aliphatic carbocycles. The summed E-state index contributed by atoms with van der Waals surface area (Å²) in [6, 6.07) is 8.28. The van der Waals surface area contributed by atoms with Crippen molar-refractivity contribution in [1.82, 2.24) is 15.1 Å². The Morgan fingerprint density at radius 2 is 1.82 bits per heavy atom. The second kappa shape index (κ2) is 12.2. The number of urea groups is 1. The molecule has 180 valence electrons. The van der Waals surface area contributed by atoms with Crippen LogP contribution in [0.4, 0.5) is 9.18 Å². The van der Waals surface area contributed by atoms with Crippen LogP contribution in [-0.4, -0.2) is 40.4 Å². The first-order chi connectivity index (χ1) is 15.9. The lowest BCUT2D eigenvalue weighted by molar-refractivity contribution is -0.133. The summed E-state index contributed by atoms with van der Waals surface area (Å²) in [5, 5.41) is 5.19. The third-order valence-electron chi connectivity index (χ3n) is 6.56. The number of halogens is 1. The Morgan fingerprint density at radius 1 is 1.12 bits per heavy atom. The van der Waals surface area contributed by atoms with Gasteiger partial charge in [0.15, 0.2) is 0 Å². The number of thiophene rings is 1. The first kappa shape index (κ1) is 25.2. The molecule has 1 saturated carbocycles. The minimum atomic E-state index is -0.298. The highest BCUT2D eigenvalue weighted by Crippen LogP contribution is 2.21. The summed E-state index contributed by atoms with van der Waals surface area (Å²) in [6.45, 7) is 6.92. The van der Waals surface area contributed by atoms with Gasteiger partial charge in [0, 0.05) is 23.5 Å². The van der Waals surface area contributed by atoms with Gasteiger partial charge < -0.3 is 15.1 Å². The highest BCUT2D eigenvalue weighted by atomic mass is 32.1. The number of rotatable bonds is 9. The van der Waals surface area contributed by atoms with Crippen LogP contribution in [0.15, 0.2) is 35.7 Å². The van der Waals surface area contributed by atoms with E-state index in [1.807, 2.05) is 32.2 Å². The van der Waals surface area contributed by atoms with Crippen molar-refractivity contribution in [2.75, 3.05) is 6.54 Å². The average Bonchev–Trinajstić information content (AvgIpc) is 3.22. The molecule has 3 amide bonds. The van der Waals surface area contributed by atoms with Crippen molar-refractivity contribution >= 4 is 23.3 Å². The summed E-state index contributed by atoms with van der Waals surface area (Å²) >= 11 is 1.62. The molecule has 1 fully saturated rings. The number of hydrogen-bond acceptors (Lipinski definition) is 3. The van der Waals surface area contributed by atoms with Gasteiger partial charge in [0.1, 0.15) is 12.4 Å². The summed E-state index contributed by atoms with van der Waals surface area (Å²) in [7, 11) is 0. The molecular formula is C26H36FN3O2S. The molecule has 0 saturated heterocycles. The van der Waals surface area contributed by atoms with E-state index in [9.17, 15) is 14.0 Å². The monoisotopic (exact) mass is 473 g/mol. The van der Waals surface area contributed by atoms with Crippen LogP contribution in [0.1, 0.15) is 68.4 Å². The van der Waals surface area contributed by atoms with Gasteiger partial charge >= 0.3 is 6.03 Å². The van der Waals surface area contributed by atoms with Crippen LogP contribution in [0.25, 0.3) is 0 Å². The second-order valence-corrected chi connectivity index (χ2v) is 10.1. The highest BCUT2D eigenvalue weighted by Gasteiger charge is 2.27. The predicted molar refractivity (Wildman–Crippen MR) is 132 cm³/mol. The third kappa shape index (κ3) is 7.29. The molecule has 7 heteroatoms. The second-order valence-electron chi connectivity index (χ2n) is 9.07. The number of nitrogens with one attached hydrogen (secondary N) is 1.